The van der Waals surface area contributed by atoms with Crippen molar-refractivity contribution in [1.29, 1.82) is 0 Å². The van der Waals surface area contributed by atoms with Gasteiger partial charge < -0.3 is 10.5 Å². The molecule has 1 aromatic rings. The van der Waals surface area contributed by atoms with Crippen molar-refractivity contribution in [3.8, 4) is 17.6 Å². The minimum absolute atomic E-state index is 0.0453. The summed E-state index contributed by atoms with van der Waals surface area (Å²) >= 11 is 5.89. The van der Waals surface area contributed by atoms with Gasteiger partial charge in [0.1, 0.15) is 5.75 Å². The maximum Gasteiger partial charge on any atom is 0.229 e. The Morgan fingerprint density at radius 2 is 2.33 bits per heavy atom. The summed E-state index contributed by atoms with van der Waals surface area (Å²) < 4.78 is 4.99. The van der Waals surface area contributed by atoms with Crippen LogP contribution in [0.1, 0.15) is 12.0 Å². The van der Waals surface area contributed by atoms with Crippen LogP contribution in [-0.4, -0.2) is 13.0 Å². The number of rotatable bonds is 2. The number of nitrogens with two attached hydrogens (primary N) is 1. The molecule has 15 heavy (non-hydrogen) atoms. The number of ether oxygens (including phenoxy) is 1. The Morgan fingerprint density at radius 1 is 1.60 bits per heavy atom. The summed E-state index contributed by atoms with van der Waals surface area (Å²) in [7, 11) is 1.54. The highest BCUT2D eigenvalue weighted by Crippen LogP contribution is 2.24. The largest absolute Gasteiger partial charge is 0.495 e. The SMILES string of the molecule is COc1ccc(C#CCC(N)=O)cc1Cl. The van der Waals surface area contributed by atoms with Gasteiger partial charge in [-0.15, -0.1) is 0 Å². The van der Waals surface area contributed by atoms with Crippen molar-refractivity contribution in [2.45, 2.75) is 6.42 Å². The van der Waals surface area contributed by atoms with Gasteiger partial charge in [0.2, 0.25) is 5.91 Å². The maximum absolute atomic E-state index is 10.4. The molecule has 3 nitrogen and oxygen atoms in total. The van der Waals surface area contributed by atoms with Gasteiger partial charge >= 0.3 is 0 Å². The number of halogens is 1. The van der Waals surface area contributed by atoms with Gasteiger partial charge in [0.25, 0.3) is 0 Å². The van der Waals surface area contributed by atoms with E-state index in [4.69, 9.17) is 22.1 Å². The molecule has 78 valence electrons. The lowest BCUT2D eigenvalue weighted by Crippen LogP contribution is -2.08. The molecule has 0 saturated carbocycles. The topological polar surface area (TPSA) is 52.3 Å². The van der Waals surface area contributed by atoms with E-state index in [0.717, 1.165) is 5.56 Å². The van der Waals surface area contributed by atoms with Gasteiger partial charge in [-0.25, -0.2) is 0 Å². The molecule has 0 aliphatic carbocycles. The van der Waals surface area contributed by atoms with Crippen LogP contribution in [0.5, 0.6) is 5.75 Å². The molecule has 0 fully saturated rings. The third-order valence-corrected chi connectivity index (χ3v) is 1.94. The van der Waals surface area contributed by atoms with E-state index in [9.17, 15) is 4.79 Å². The van der Waals surface area contributed by atoms with E-state index >= 15 is 0 Å². The second-order valence-electron chi connectivity index (χ2n) is 2.79. The first kappa shape index (κ1) is 11.4. The van der Waals surface area contributed by atoms with Crippen LogP contribution >= 0.6 is 11.6 Å². The van der Waals surface area contributed by atoms with Gasteiger partial charge in [0.15, 0.2) is 0 Å². The fraction of sp³-hybridized carbons (Fsp3) is 0.182. The van der Waals surface area contributed by atoms with Crippen LogP contribution < -0.4 is 10.5 Å². The van der Waals surface area contributed by atoms with Crippen molar-refractivity contribution in [1.82, 2.24) is 0 Å². The number of benzene rings is 1. The molecule has 0 spiro atoms. The average Bonchev–Trinajstić information content (AvgIpc) is 2.17. The average molecular weight is 224 g/mol. The summed E-state index contributed by atoms with van der Waals surface area (Å²) in [6, 6.07) is 5.16. The zero-order chi connectivity index (χ0) is 11.3. The van der Waals surface area contributed by atoms with Gasteiger partial charge in [-0.05, 0) is 18.2 Å². The summed E-state index contributed by atoms with van der Waals surface area (Å²) in [6.45, 7) is 0. The standard InChI is InChI=1S/C11H10ClNO2/c1-15-10-6-5-8(7-9(10)12)3-2-4-11(13)14/h5-7H,4H2,1H3,(H2,13,14). The lowest BCUT2D eigenvalue weighted by molar-refractivity contribution is -0.117. The Bertz CT molecular complexity index is 432. The third-order valence-electron chi connectivity index (χ3n) is 1.65. The van der Waals surface area contributed by atoms with Crippen molar-refractivity contribution in [3.63, 3.8) is 0 Å². The van der Waals surface area contributed by atoms with Gasteiger partial charge in [-0.2, -0.15) is 0 Å². The van der Waals surface area contributed by atoms with Crippen molar-refractivity contribution in [2.24, 2.45) is 5.73 Å². The lowest BCUT2D eigenvalue weighted by Gasteiger charge is -2.01. The first-order valence-corrected chi connectivity index (χ1v) is 4.62. The summed E-state index contributed by atoms with van der Waals surface area (Å²) in [5.74, 6) is 5.57. The van der Waals surface area contributed by atoms with Crippen LogP contribution in [0.3, 0.4) is 0 Å². The van der Waals surface area contributed by atoms with Crippen LogP contribution in [0.15, 0.2) is 18.2 Å². The van der Waals surface area contributed by atoms with E-state index in [0.29, 0.717) is 10.8 Å². The lowest BCUT2D eigenvalue weighted by atomic mass is 10.2. The fourth-order valence-electron chi connectivity index (χ4n) is 0.978. The van der Waals surface area contributed by atoms with Crippen LogP contribution in [0.2, 0.25) is 5.02 Å². The number of methoxy groups -OCH3 is 1. The highest BCUT2D eigenvalue weighted by molar-refractivity contribution is 6.32. The molecule has 1 amide bonds. The highest BCUT2D eigenvalue weighted by Gasteiger charge is 1.99. The number of primary amides is 1. The van der Waals surface area contributed by atoms with E-state index in [1.54, 1.807) is 25.3 Å². The molecular weight excluding hydrogens is 214 g/mol. The molecule has 0 aliphatic heterocycles. The maximum atomic E-state index is 10.4. The van der Waals surface area contributed by atoms with E-state index in [1.165, 1.54) is 0 Å². The van der Waals surface area contributed by atoms with Gasteiger partial charge in [-0.3, -0.25) is 4.79 Å². The number of hydrogen-bond acceptors (Lipinski definition) is 2. The highest BCUT2D eigenvalue weighted by atomic mass is 35.5. The minimum atomic E-state index is -0.442. The van der Waals surface area contributed by atoms with Crippen LogP contribution in [0, 0.1) is 11.8 Å². The van der Waals surface area contributed by atoms with E-state index in [2.05, 4.69) is 11.8 Å². The van der Waals surface area contributed by atoms with Crippen LogP contribution in [0.25, 0.3) is 0 Å². The molecule has 0 heterocycles. The second kappa shape index (κ2) is 5.28. The van der Waals surface area contributed by atoms with Crippen molar-refractivity contribution in [3.05, 3.63) is 28.8 Å². The third kappa shape index (κ3) is 3.53. The second-order valence-corrected chi connectivity index (χ2v) is 3.20. The number of carbonyl (C=O) groups is 1. The molecule has 0 saturated heterocycles. The Kier molecular flexibility index (Phi) is 4.02. The van der Waals surface area contributed by atoms with Crippen molar-refractivity contribution < 1.29 is 9.53 Å². The van der Waals surface area contributed by atoms with Gasteiger partial charge in [0.05, 0.1) is 18.6 Å². The van der Waals surface area contributed by atoms with E-state index < -0.39 is 5.91 Å². The molecule has 0 atom stereocenters. The molecule has 0 aliphatic rings. The fourth-order valence-corrected chi connectivity index (χ4v) is 1.24. The molecule has 0 radical (unpaired) electrons. The van der Waals surface area contributed by atoms with E-state index in [-0.39, 0.29) is 6.42 Å². The minimum Gasteiger partial charge on any atom is -0.495 e. The van der Waals surface area contributed by atoms with Gasteiger partial charge in [-0.1, -0.05) is 23.4 Å². The Balaban J connectivity index is 2.82. The first-order chi connectivity index (χ1) is 7.13. The first-order valence-electron chi connectivity index (χ1n) is 4.24. The zero-order valence-electron chi connectivity index (χ0n) is 8.21. The number of hydrogen-bond donors (Lipinski definition) is 1. The number of amides is 1. The summed E-state index contributed by atoms with van der Waals surface area (Å²) in [4.78, 5) is 10.4. The van der Waals surface area contributed by atoms with Crippen molar-refractivity contribution in [2.75, 3.05) is 7.11 Å². The monoisotopic (exact) mass is 223 g/mol. The molecule has 4 heteroatoms. The summed E-state index contributed by atoms with van der Waals surface area (Å²) in [6.07, 6.45) is 0.0453. The van der Waals surface area contributed by atoms with Gasteiger partial charge in [0, 0.05) is 5.56 Å². The predicted molar refractivity (Wildman–Crippen MR) is 58.7 cm³/mol. The number of carbonyl (C=O) groups excluding carboxylic acids is 1. The van der Waals surface area contributed by atoms with Crippen molar-refractivity contribution >= 4 is 17.5 Å². The van der Waals surface area contributed by atoms with Crippen LogP contribution in [-0.2, 0) is 4.79 Å². The smallest absolute Gasteiger partial charge is 0.229 e. The molecular formula is C11H10ClNO2. The summed E-state index contributed by atoms with van der Waals surface area (Å²) in [5, 5.41) is 0.489. The molecule has 1 aromatic carbocycles. The molecule has 1 rings (SSSR count). The Labute approximate surface area is 93.2 Å². The normalized spacial score (nSPS) is 8.93. The Hall–Kier alpha value is -1.66. The Morgan fingerprint density at radius 3 is 2.87 bits per heavy atom. The molecule has 2 N–H and O–H groups in total. The quantitative estimate of drug-likeness (QED) is 0.774. The molecule has 0 aromatic heterocycles. The van der Waals surface area contributed by atoms with Crippen LogP contribution in [0.4, 0.5) is 0 Å². The molecule has 0 bridgehead atoms. The molecule has 0 unspecified atom stereocenters. The predicted octanol–water partition coefficient (Wildman–Crippen LogP) is 1.58. The summed E-state index contributed by atoms with van der Waals surface area (Å²) in [5.41, 5.74) is 5.67. The zero-order valence-corrected chi connectivity index (χ0v) is 8.97. The van der Waals surface area contributed by atoms with E-state index in [1.807, 2.05) is 0 Å².